The van der Waals surface area contributed by atoms with E-state index in [4.69, 9.17) is 9.47 Å². The van der Waals surface area contributed by atoms with E-state index in [0.717, 1.165) is 48.1 Å². The summed E-state index contributed by atoms with van der Waals surface area (Å²) in [6.07, 6.45) is 5.93. The topological polar surface area (TPSA) is 65.4 Å². The SMILES string of the molecule is COc1ccc2cc([C@H](C)C(=O)Nc3cnn(C[C@@H]4CCCO4)c3)ccc2c1. The summed E-state index contributed by atoms with van der Waals surface area (Å²) in [5.41, 5.74) is 1.68. The monoisotopic (exact) mass is 379 g/mol. The molecule has 146 valence electrons. The van der Waals surface area contributed by atoms with E-state index in [1.54, 1.807) is 13.3 Å². The number of aromatic nitrogens is 2. The standard InChI is InChI=1S/C22H25N3O3/c1-15(16-5-6-18-11-20(27-2)8-7-17(18)10-16)22(26)24-19-12-23-25(13-19)14-21-4-3-9-28-21/h5-8,10-13,15,21H,3-4,9,14H2,1-2H3,(H,24,26)/t15-,21-/m0/s1. The summed E-state index contributed by atoms with van der Waals surface area (Å²) in [5.74, 6) is 0.503. The molecule has 3 aromatic rings. The lowest BCUT2D eigenvalue weighted by molar-refractivity contribution is -0.117. The molecule has 0 radical (unpaired) electrons. The minimum Gasteiger partial charge on any atom is -0.497 e. The van der Waals surface area contributed by atoms with Gasteiger partial charge in [-0.05, 0) is 48.2 Å². The molecule has 1 saturated heterocycles. The van der Waals surface area contributed by atoms with Gasteiger partial charge in [-0.1, -0.05) is 24.3 Å². The highest BCUT2D eigenvalue weighted by molar-refractivity contribution is 5.96. The van der Waals surface area contributed by atoms with Crippen LogP contribution in [0.2, 0.25) is 0 Å². The number of hydrogen-bond acceptors (Lipinski definition) is 4. The zero-order valence-corrected chi connectivity index (χ0v) is 16.2. The zero-order valence-electron chi connectivity index (χ0n) is 16.2. The van der Waals surface area contributed by atoms with Crippen molar-refractivity contribution in [2.45, 2.75) is 38.3 Å². The molecule has 0 spiro atoms. The second-order valence-electron chi connectivity index (χ2n) is 7.27. The van der Waals surface area contributed by atoms with Crippen LogP contribution in [0, 0.1) is 0 Å². The van der Waals surface area contributed by atoms with Gasteiger partial charge in [0.1, 0.15) is 5.75 Å². The van der Waals surface area contributed by atoms with Crippen LogP contribution in [0.4, 0.5) is 5.69 Å². The summed E-state index contributed by atoms with van der Waals surface area (Å²) in [5, 5.41) is 9.48. The first-order valence-corrected chi connectivity index (χ1v) is 9.65. The second-order valence-corrected chi connectivity index (χ2v) is 7.27. The van der Waals surface area contributed by atoms with Crippen LogP contribution in [-0.4, -0.2) is 35.5 Å². The van der Waals surface area contributed by atoms with E-state index >= 15 is 0 Å². The minimum absolute atomic E-state index is 0.0514. The van der Waals surface area contributed by atoms with E-state index in [1.807, 2.05) is 48.1 Å². The Bertz CT molecular complexity index is 976. The van der Waals surface area contributed by atoms with E-state index in [-0.39, 0.29) is 17.9 Å². The third-order valence-electron chi connectivity index (χ3n) is 5.28. The number of amides is 1. The summed E-state index contributed by atoms with van der Waals surface area (Å²) >= 11 is 0. The molecule has 2 aromatic carbocycles. The summed E-state index contributed by atoms with van der Waals surface area (Å²) in [6, 6.07) is 12.0. The van der Waals surface area contributed by atoms with Crippen LogP contribution in [-0.2, 0) is 16.1 Å². The number of hydrogen-bond donors (Lipinski definition) is 1. The average molecular weight is 379 g/mol. The highest BCUT2D eigenvalue weighted by atomic mass is 16.5. The van der Waals surface area contributed by atoms with Crippen molar-refractivity contribution < 1.29 is 14.3 Å². The Morgan fingerprint density at radius 1 is 1.32 bits per heavy atom. The van der Waals surface area contributed by atoms with Crippen LogP contribution in [0.1, 0.15) is 31.2 Å². The second kappa shape index (κ2) is 8.02. The molecule has 6 heteroatoms. The number of fused-ring (bicyclic) bond motifs is 1. The van der Waals surface area contributed by atoms with E-state index in [0.29, 0.717) is 5.69 Å². The van der Waals surface area contributed by atoms with Crippen molar-refractivity contribution in [3.8, 4) is 5.75 Å². The van der Waals surface area contributed by atoms with Crippen LogP contribution in [0.15, 0.2) is 48.8 Å². The summed E-state index contributed by atoms with van der Waals surface area (Å²) in [4.78, 5) is 12.7. The average Bonchev–Trinajstić information content (AvgIpc) is 3.39. The number of anilines is 1. The Morgan fingerprint density at radius 3 is 2.93 bits per heavy atom. The number of ether oxygens (including phenoxy) is 2. The fourth-order valence-corrected chi connectivity index (χ4v) is 3.57. The molecule has 1 aliphatic rings. The summed E-state index contributed by atoms with van der Waals surface area (Å²) < 4.78 is 12.7. The molecule has 0 aliphatic carbocycles. The smallest absolute Gasteiger partial charge is 0.231 e. The maximum absolute atomic E-state index is 12.7. The largest absolute Gasteiger partial charge is 0.497 e. The van der Waals surface area contributed by atoms with Crippen molar-refractivity contribution >= 4 is 22.4 Å². The Hall–Kier alpha value is -2.86. The minimum atomic E-state index is -0.270. The van der Waals surface area contributed by atoms with E-state index in [2.05, 4.69) is 16.5 Å². The molecule has 2 heterocycles. The first-order chi connectivity index (χ1) is 13.6. The molecule has 6 nitrogen and oxygen atoms in total. The zero-order chi connectivity index (χ0) is 19.5. The summed E-state index contributed by atoms with van der Waals surface area (Å²) in [7, 11) is 1.66. The lowest BCUT2D eigenvalue weighted by atomic mass is 9.97. The molecule has 28 heavy (non-hydrogen) atoms. The van der Waals surface area contributed by atoms with Crippen molar-refractivity contribution in [2.24, 2.45) is 0 Å². The van der Waals surface area contributed by atoms with Crippen molar-refractivity contribution in [3.63, 3.8) is 0 Å². The molecule has 0 saturated carbocycles. The fraction of sp³-hybridized carbons (Fsp3) is 0.364. The maximum atomic E-state index is 12.7. The number of benzene rings is 2. The number of nitrogens with one attached hydrogen (secondary N) is 1. The molecule has 4 rings (SSSR count). The highest BCUT2D eigenvalue weighted by Gasteiger charge is 2.18. The van der Waals surface area contributed by atoms with Crippen LogP contribution in [0.5, 0.6) is 5.75 Å². The van der Waals surface area contributed by atoms with Gasteiger partial charge in [-0.3, -0.25) is 9.48 Å². The molecule has 1 amide bonds. The molecular weight excluding hydrogens is 354 g/mol. The third kappa shape index (κ3) is 4.02. The van der Waals surface area contributed by atoms with Crippen LogP contribution >= 0.6 is 0 Å². The number of rotatable bonds is 6. The van der Waals surface area contributed by atoms with Crippen molar-refractivity contribution in [1.29, 1.82) is 0 Å². The number of carbonyl (C=O) groups is 1. The van der Waals surface area contributed by atoms with Gasteiger partial charge >= 0.3 is 0 Å². The Kier molecular flexibility index (Phi) is 5.30. The van der Waals surface area contributed by atoms with Gasteiger partial charge in [0.25, 0.3) is 0 Å². The highest BCUT2D eigenvalue weighted by Crippen LogP contribution is 2.26. The lowest BCUT2D eigenvalue weighted by Crippen LogP contribution is -2.18. The predicted octanol–water partition coefficient (Wildman–Crippen LogP) is 3.97. The maximum Gasteiger partial charge on any atom is 0.231 e. The van der Waals surface area contributed by atoms with Crippen LogP contribution in [0.3, 0.4) is 0 Å². The van der Waals surface area contributed by atoms with Crippen molar-refractivity contribution in [3.05, 3.63) is 54.4 Å². The van der Waals surface area contributed by atoms with Crippen molar-refractivity contribution in [1.82, 2.24) is 9.78 Å². The van der Waals surface area contributed by atoms with Crippen LogP contribution < -0.4 is 10.1 Å². The quantitative estimate of drug-likeness (QED) is 0.704. The Balaban J connectivity index is 1.43. The first-order valence-electron chi connectivity index (χ1n) is 9.65. The molecule has 0 unspecified atom stereocenters. The molecule has 0 bridgehead atoms. The Morgan fingerprint density at radius 2 is 2.14 bits per heavy atom. The number of methoxy groups -OCH3 is 1. The molecular formula is C22H25N3O3. The summed E-state index contributed by atoms with van der Waals surface area (Å²) in [6.45, 7) is 3.46. The van der Waals surface area contributed by atoms with Crippen molar-refractivity contribution in [2.75, 3.05) is 19.0 Å². The fourth-order valence-electron chi connectivity index (χ4n) is 3.57. The van der Waals surface area contributed by atoms with E-state index < -0.39 is 0 Å². The van der Waals surface area contributed by atoms with E-state index in [9.17, 15) is 4.79 Å². The number of nitrogens with zero attached hydrogens (tertiary/aromatic N) is 2. The third-order valence-corrected chi connectivity index (χ3v) is 5.28. The van der Waals surface area contributed by atoms with Gasteiger partial charge in [0, 0.05) is 12.8 Å². The molecule has 2 atom stereocenters. The lowest BCUT2D eigenvalue weighted by Gasteiger charge is -2.13. The molecule has 1 fully saturated rings. The van der Waals surface area contributed by atoms with Gasteiger partial charge in [0.05, 0.1) is 37.6 Å². The Labute approximate surface area is 164 Å². The van der Waals surface area contributed by atoms with Gasteiger partial charge in [-0.25, -0.2) is 0 Å². The van der Waals surface area contributed by atoms with Gasteiger partial charge in [-0.2, -0.15) is 5.10 Å². The van der Waals surface area contributed by atoms with Gasteiger partial charge < -0.3 is 14.8 Å². The van der Waals surface area contributed by atoms with Crippen LogP contribution in [0.25, 0.3) is 10.8 Å². The molecule has 1 aromatic heterocycles. The van der Waals surface area contributed by atoms with E-state index in [1.165, 1.54) is 0 Å². The van der Waals surface area contributed by atoms with Gasteiger partial charge in [0.2, 0.25) is 5.91 Å². The first kappa shape index (κ1) is 18.5. The predicted molar refractivity (Wildman–Crippen MR) is 109 cm³/mol. The molecule has 1 N–H and O–H groups in total. The molecule has 1 aliphatic heterocycles. The normalized spacial score (nSPS) is 17.6. The number of carbonyl (C=O) groups excluding carboxylic acids is 1. The van der Waals surface area contributed by atoms with Gasteiger partial charge in [0.15, 0.2) is 0 Å². The van der Waals surface area contributed by atoms with Gasteiger partial charge in [-0.15, -0.1) is 0 Å².